The van der Waals surface area contributed by atoms with E-state index in [1.165, 1.54) is 81.7 Å². The first-order chi connectivity index (χ1) is 17.2. The van der Waals surface area contributed by atoms with Gasteiger partial charge in [-0.05, 0) is 49.8 Å². The van der Waals surface area contributed by atoms with Crippen LogP contribution in [0, 0.1) is 0 Å². The minimum Gasteiger partial charge on any atom is -0.344 e. The molecule has 36 heavy (non-hydrogen) atoms. The Labute approximate surface area is 218 Å². The number of hydrogen-bond donors (Lipinski definition) is 2. The Hall–Kier alpha value is -2.21. The van der Waals surface area contributed by atoms with Gasteiger partial charge in [-0.1, -0.05) is 94.3 Å². The summed E-state index contributed by atoms with van der Waals surface area (Å²) in [5.74, 6) is 1.10. The van der Waals surface area contributed by atoms with Gasteiger partial charge < -0.3 is 16.5 Å². The van der Waals surface area contributed by atoms with Crippen molar-refractivity contribution in [3.63, 3.8) is 0 Å². The number of piperidine rings is 1. The Morgan fingerprint density at radius 3 is 2.28 bits per heavy atom. The molecule has 0 amide bonds. The van der Waals surface area contributed by atoms with Crippen LogP contribution < -0.4 is 11.9 Å². The van der Waals surface area contributed by atoms with E-state index in [1.54, 1.807) is 0 Å². The molecule has 1 aliphatic carbocycles. The number of fused-ring (bicyclic) bond motifs is 1. The normalized spacial score (nSPS) is 20.1. The predicted molar refractivity (Wildman–Crippen MR) is 151 cm³/mol. The third kappa shape index (κ3) is 5.39. The topological polar surface area (TPSA) is 82.1 Å². The number of rotatable bonds is 8. The summed E-state index contributed by atoms with van der Waals surface area (Å²) in [6.07, 6.45) is 15.1. The van der Waals surface area contributed by atoms with E-state index in [4.69, 9.17) is 10.7 Å². The predicted octanol–water partition coefficient (Wildman–Crippen LogP) is 7.67. The van der Waals surface area contributed by atoms with Crippen LogP contribution in [0.15, 0.2) is 54.6 Å². The molecule has 1 unspecified atom stereocenters. The van der Waals surface area contributed by atoms with Crippen molar-refractivity contribution in [1.82, 2.24) is 20.6 Å². The molecule has 5 heteroatoms. The van der Waals surface area contributed by atoms with E-state index in [2.05, 4.69) is 71.0 Å². The molecule has 1 saturated heterocycles. The van der Waals surface area contributed by atoms with Gasteiger partial charge in [0, 0.05) is 24.7 Å². The number of hydrogen-bond acceptors (Lipinski definition) is 4. The maximum Gasteiger partial charge on any atom is 0.127 e. The minimum atomic E-state index is 0. The molecule has 0 spiro atoms. The number of para-hydroxylation sites is 2. The first-order valence-corrected chi connectivity index (χ1v) is 14.3. The zero-order valence-corrected chi connectivity index (χ0v) is 22.4. The molecule has 2 aliphatic rings. The lowest BCUT2D eigenvalue weighted by Gasteiger charge is -2.48. The summed E-state index contributed by atoms with van der Waals surface area (Å²) in [6, 6.07) is 20.5. The fourth-order valence-corrected chi connectivity index (χ4v) is 6.85. The average molecular weight is 490 g/mol. The summed E-state index contributed by atoms with van der Waals surface area (Å²) in [5, 5.41) is 0. The Balaban J connectivity index is 0.00000304. The summed E-state index contributed by atoms with van der Waals surface area (Å²) >= 11 is 0. The summed E-state index contributed by atoms with van der Waals surface area (Å²) in [6.45, 7) is 4.55. The van der Waals surface area contributed by atoms with Crippen molar-refractivity contribution in [2.75, 3.05) is 13.1 Å². The Morgan fingerprint density at radius 2 is 1.58 bits per heavy atom. The number of benzene rings is 2. The van der Waals surface area contributed by atoms with Gasteiger partial charge in [-0.2, -0.15) is 0 Å². The fraction of sp³-hybridized carbons (Fsp3) is 0.581. The highest BCUT2D eigenvalue weighted by Crippen LogP contribution is 2.44. The van der Waals surface area contributed by atoms with Crippen molar-refractivity contribution in [3.8, 4) is 0 Å². The highest BCUT2D eigenvalue weighted by atomic mass is 15.2. The van der Waals surface area contributed by atoms with E-state index in [1.807, 2.05) is 0 Å². The van der Waals surface area contributed by atoms with Gasteiger partial charge in [0.05, 0.1) is 17.1 Å². The molecule has 196 valence electrons. The highest BCUT2D eigenvalue weighted by molar-refractivity contribution is 5.76. The van der Waals surface area contributed by atoms with Gasteiger partial charge in [0.15, 0.2) is 0 Å². The van der Waals surface area contributed by atoms with Gasteiger partial charge in [0.2, 0.25) is 0 Å². The number of nitrogens with two attached hydrogens (primary N) is 1. The lowest BCUT2D eigenvalue weighted by atomic mass is 9.79. The first-order valence-electron chi connectivity index (χ1n) is 14.3. The van der Waals surface area contributed by atoms with Crippen LogP contribution in [0.25, 0.3) is 11.0 Å². The zero-order chi connectivity index (χ0) is 24.1. The van der Waals surface area contributed by atoms with Gasteiger partial charge in [-0.3, -0.25) is 4.90 Å². The second-order valence-electron chi connectivity index (χ2n) is 11.0. The molecule has 5 rings (SSSR count). The van der Waals surface area contributed by atoms with Gasteiger partial charge >= 0.3 is 0 Å². The molecular weight excluding hydrogens is 442 g/mol. The largest absolute Gasteiger partial charge is 0.344 e. The van der Waals surface area contributed by atoms with Crippen LogP contribution in [0.1, 0.15) is 107 Å². The molecule has 1 saturated carbocycles. The maximum absolute atomic E-state index is 6.77. The van der Waals surface area contributed by atoms with Gasteiger partial charge in [0.1, 0.15) is 5.82 Å². The van der Waals surface area contributed by atoms with Crippen LogP contribution in [-0.2, 0) is 5.54 Å². The lowest BCUT2D eigenvalue weighted by Crippen LogP contribution is -2.50. The minimum absolute atomic E-state index is 0. The van der Waals surface area contributed by atoms with Crippen molar-refractivity contribution in [2.45, 2.75) is 102 Å². The van der Waals surface area contributed by atoms with Crippen molar-refractivity contribution in [1.29, 1.82) is 0 Å². The van der Waals surface area contributed by atoms with E-state index in [0.717, 1.165) is 30.9 Å². The van der Waals surface area contributed by atoms with Crippen molar-refractivity contribution in [2.24, 2.45) is 5.73 Å². The summed E-state index contributed by atoms with van der Waals surface area (Å²) in [5.41, 5.74) is 10.9. The Kier molecular flexibility index (Phi) is 9.21. The summed E-state index contributed by atoms with van der Waals surface area (Å²) in [4.78, 5) is 7.92. The lowest BCUT2D eigenvalue weighted by molar-refractivity contribution is 0.0354. The van der Waals surface area contributed by atoms with Crippen molar-refractivity contribution < 1.29 is 0 Å². The zero-order valence-electron chi connectivity index (χ0n) is 22.4. The van der Waals surface area contributed by atoms with Crippen LogP contribution in [0.5, 0.6) is 0 Å². The van der Waals surface area contributed by atoms with E-state index < -0.39 is 0 Å². The van der Waals surface area contributed by atoms with Crippen molar-refractivity contribution in [3.05, 3.63) is 66.0 Å². The molecule has 0 radical (unpaired) electrons. The Bertz CT molecular complexity index is 1060. The number of nitrogens with zero attached hydrogens (tertiary/aromatic N) is 3. The molecule has 5 nitrogen and oxygen atoms in total. The fourth-order valence-electron chi connectivity index (χ4n) is 6.85. The van der Waals surface area contributed by atoms with E-state index >= 15 is 0 Å². The van der Waals surface area contributed by atoms with Crippen molar-refractivity contribution >= 4 is 11.0 Å². The first kappa shape index (κ1) is 26.8. The standard InChI is InChI=1S/C31H44N4.H3N/c1-2-3-7-16-27(32)30-33-28-17-10-11-18-29(28)35(30)26-19-23-34(24-20-26)31(21-12-4-5-13-22-31)25-14-8-6-9-15-25;/h6,8-11,14-15,17-18,26-27H,2-5,7,12-13,16,19-24,32H2,1H3;1H3. The molecule has 2 aromatic carbocycles. The Morgan fingerprint density at radius 1 is 0.917 bits per heavy atom. The van der Waals surface area contributed by atoms with Crippen LogP contribution in [0.2, 0.25) is 0 Å². The molecule has 2 fully saturated rings. The molecule has 1 atom stereocenters. The quantitative estimate of drug-likeness (QED) is 0.251. The third-order valence-electron chi connectivity index (χ3n) is 8.75. The number of aromatic nitrogens is 2. The number of unbranched alkanes of at least 4 members (excludes halogenated alkanes) is 2. The SMILES string of the molecule is CCCCCC(N)c1nc2ccccc2n1C1CCN(C2(c3ccccc3)CCCCCC2)CC1.N. The summed E-state index contributed by atoms with van der Waals surface area (Å²) in [7, 11) is 0. The molecular formula is C31H47N5. The van der Waals surface area contributed by atoms with Gasteiger partial charge in [-0.15, -0.1) is 0 Å². The molecule has 1 aromatic heterocycles. The molecule has 0 bridgehead atoms. The van der Waals surface area contributed by atoms with Crippen LogP contribution in [0.3, 0.4) is 0 Å². The maximum atomic E-state index is 6.77. The van der Waals surface area contributed by atoms with Gasteiger partial charge in [-0.25, -0.2) is 4.98 Å². The summed E-state index contributed by atoms with van der Waals surface area (Å²) < 4.78 is 2.53. The monoisotopic (exact) mass is 489 g/mol. The molecule has 2 heterocycles. The van der Waals surface area contributed by atoms with Crippen LogP contribution in [-0.4, -0.2) is 27.5 Å². The molecule has 3 aromatic rings. The van der Waals surface area contributed by atoms with Gasteiger partial charge in [0.25, 0.3) is 0 Å². The molecule has 1 aliphatic heterocycles. The van der Waals surface area contributed by atoms with E-state index in [-0.39, 0.29) is 17.7 Å². The highest BCUT2D eigenvalue weighted by Gasteiger charge is 2.40. The second kappa shape index (κ2) is 12.4. The van der Waals surface area contributed by atoms with Crippen LogP contribution >= 0.6 is 0 Å². The van der Waals surface area contributed by atoms with Crippen LogP contribution in [0.4, 0.5) is 0 Å². The van der Waals surface area contributed by atoms with E-state index in [0.29, 0.717) is 6.04 Å². The smallest absolute Gasteiger partial charge is 0.127 e. The third-order valence-corrected chi connectivity index (χ3v) is 8.75. The molecule has 5 N–H and O–H groups in total. The average Bonchev–Trinajstić information content (AvgIpc) is 3.12. The second-order valence-corrected chi connectivity index (χ2v) is 11.0. The number of imidazole rings is 1. The number of likely N-dealkylation sites (tertiary alicyclic amines) is 1. The van der Waals surface area contributed by atoms with E-state index in [9.17, 15) is 0 Å².